The lowest BCUT2D eigenvalue weighted by atomic mass is 9.80. The number of pyridine rings is 1. The molecule has 2 saturated heterocycles. The number of benzene rings is 1. The molecule has 3 N–H and O–H groups in total. The van der Waals surface area contributed by atoms with Gasteiger partial charge in [-0.25, -0.2) is 0 Å². The van der Waals surface area contributed by atoms with Gasteiger partial charge in [0.2, 0.25) is 5.91 Å². The van der Waals surface area contributed by atoms with Crippen LogP contribution in [-0.4, -0.2) is 59.4 Å². The van der Waals surface area contributed by atoms with Gasteiger partial charge in [0.05, 0.1) is 5.02 Å². The third kappa shape index (κ3) is 5.30. The minimum Gasteiger partial charge on any atom is -0.448 e. The number of halogens is 1. The molecule has 1 aromatic carbocycles. The minimum absolute atomic E-state index is 0.0992. The molecule has 2 unspecified atom stereocenters. The summed E-state index contributed by atoms with van der Waals surface area (Å²) < 4.78 is 12.9. The summed E-state index contributed by atoms with van der Waals surface area (Å²) in [6, 6.07) is 4.04. The van der Waals surface area contributed by atoms with Gasteiger partial charge in [0.25, 0.3) is 17.3 Å². The Hall–Kier alpha value is -2.69. The van der Waals surface area contributed by atoms with Crippen LogP contribution in [0.5, 0.6) is 11.5 Å². The third-order valence-corrected chi connectivity index (χ3v) is 10.9. The molecule has 226 valence electrons. The van der Waals surface area contributed by atoms with Gasteiger partial charge in [-0.05, 0) is 70.9 Å². The fourth-order valence-electron chi connectivity index (χ4n) is 7.33. The molecule has 6 rings (SSSR count). The highest BCUT2D eigenvalue weighted by Gasteiger charge is 2.50. The quantitative estimate of drug-likeness (QED) is 0.409. The first-order valence-corrected chi connectivity index (χ1v) is 16.4. The first-order chi connectivity index (χ1) is 20.0. The summed E-state index contributed by atoms with van der Waals surface area (Å²) in [6.45, 7) is 8.60. The molecule has 2 aromatic rings. The van der Waals surface area contributed by atoms with Gasteiger partial charge < -0.3 is 25.1 Å². The predicted molar refractivity (Wildman–Crippen MR) is 163 cm³/mol. The van der Waals surface area contributed by atoms with E-state index >= 15 is 0 Å². The molecule has 3 aliphatic heterocycles. The summed E-state index contributed by atoms with van der Waals surface area (Å²) in [6.07, 6.45) is 7.67. The Balaban J connectivity index is 1.11. The summed E-state index contributed by atoms with van der Waals surface area (Å²) in [5.41, 5.74) is 2.26. The molecule has 0 radical (unpaired) electrons. The summed E-state index contributed by atoms with van der Waals surface area (Å²) in [5, 5.41) is 6.25. The topological polar surface area (TPSA) is 113 Å². The number of ether oxygens (including phenoxy) is 2. The van der Waals surface area contributed by atoms with E-state index in [1.807, 2.05) is 33.1 Å². The van der Waals surface area contributed by atoms with Crippen molar-refractivity contribution >= 4 is 35.2 Å². The van der Waals surface area contributed by atoms with Crippen molar-refractivity contribution in [2.45, 2.75) is 82.6 Å². The van der Waals surface area contributed by atoms with E-state index in [1.54, 1.807) is 6.07 Å². The Bertz CT molecular complexity index is 1490. The number of thioether (sulfide) groups is 1. The molecule has 1 spiro atoms. The standard InChI is InChI=1S/C31H39ClN4O5S/c1-17-11-24(42-4)22(29(39)35-17)14-33-28(38)21-12-23(32)27-26(18(21)2)40-30(3,41-27)19-5-7-20(8-6-19)36-10-9-31(16-36)13-25(37)34-15-31/h11-12,19-20H,5-10,13-16H2,1-4H3,(H,33,38)(H,34,37)(H,35,39)/t19-,20-,30?,31?. The number of aryl methyl sites for hydroxylation is 1. The molecule has 11 heteroatoms. The molecule has 0 bridgehead atoms. The molecule has 4 heterocycles. The van der Waals surface area contributed by atoms with Crippen LogP contribution < -0.4 is 25.7 Å². The maximum atomic E-state index is 13.3. The Kier molecular flexibility index (Phi) is 7.77. The molecule has 1 aliphatic carbocycles. The average molecular weight is 615 g/mol. The lowest BCUT2D eigenvalue weighted by Gasteiger charge is -2.40. The maximum Gasteiger partial charge on any atom is 0.254 e. The van der Waals surface area contributed by atoms with E-state index in [4.69, 9.17) is 21.1 Å². The molecular weight excluding hydrogens is 576 g/mol. The predicted octanol–water partition coefficient (Wildman–Crippen LogP) is 4.56. The van der Waals surface area contributed by atoms with Crippen molar-refractivity contribution in [1.29, 1.82) is 0 Å². The molecule has 2 atom stereocenters. The average Bonchev–Trinajstić information content (AvgIpc) is 3.67. The number of hydrogen-bond acceptors (Lipinski definition) is 7. The van der Waals surface area contributed by atoms with Gasteiger partial charge in [-0.3, -0.25) is 19.3 Å². The zero-order valence-corrected chi connectivity index (χ0v) is 26.2. The van der Waals surface area contributed by atoms with Gasteiger partial charge in [0, 0.05) is 77.6 Å². The number of nitrogens with zero attached hydrogens (tertiary/aromatic N) is 1. The van der Waals surface area contributed by atoms with Crippen LogP contribution in [0.25, 0.3) is 0 Å². The first-order valence-electron chi connectivity index (χ1n) is 14.8. The minimum atomic E-state index is -0.868. The van der Waals surface area contributed by atoms with E-state index in [0.29, 0.717) is 45.7 Å². The van der Waals surface area contributed by atoms with Crippen LogP contribution in [0.1, 0.15) is 72.6 Å². The van der Waals surface area contributed by atoms with Crippen molar-refractivity contribution in [3.8, 4) is 11.5 Å². The molecule has 1 saturated carbocycles. The lowest BCUT2D eigenvalue weighted by Crippen LogP contribution is -2.47. The number of aromatic nitrogens is 1. The Morgan fingerprint density at radius 2 is 1.90 bits per heavy atom. The highest BCUT2D eigenvalue weighted by Crippen LogP contribution is 2.52. The smallest absolute Gasteiger partial charge is 0.254 e. The van der Waals surface area contributed by atoms with Crippen LogP contribution in [-0.2, 0) is 11.3 Å². The van der Waals surface area contributed by atoms with Crippen molar-refractivity contribution in [2.24, 2.45) is 11.3 Å². The third-order valence-electron chi connectivity index (χ3n) is 9.79. The summed E-state index contributed by atoms with van der Waals surface area (Å²) >= 11 is 8.14. The highest BCUT2D eigenvalue weighted by molar-refractivity contribution is 7.98. The zero-order chi connectivity index (χ0) is 29.8. The van der Waals surface area contributed by atoms with E-state index in [0.717, 1.165) is 62.3 Å². The fraction of sp³-hybridized carbons (Fsp3) is 0.581. The zero-order valence-electron chi connectivity index (χ0n) is 24.7. The molecule has 2 amide bonds. The molecular formula is C31H39ClN4O5S. The van der Waals surface area contributed by atoms with Crippen LogP contribution in [0.15, 0.2) is 21.8 Å². The van der Waals surface area contributed by atoms with Crippen molar-refractivity contribution in [3.05, 3.63) is 49.9 Å². The number of nitrogens with one attached hydrogen (secondary N) is 3. The summed E-state index contributed by atoms with van der Waals surface area (Å²) in [4.78, 5) is 43.9. The van der Waals surface area contributed by atoms with Gasteiger partial charge in [-0.2, -0.15) is 0 Å². The van der Waals surface area contributed by atoms with E-state index in [2.05, 4.69) is 20.5 Å². The van der Waals surface area contributed by atoms with Crippen LogP contribution >= 0.6 is 23.4 Å². The van der Waals surface area contributed by atoms with E-state index < -0.39 is 5.79 Å². The number of carbonyl (C=O) groups is 2. The van der Waals surface area contributed by atoms with Crippen LogP contribution in [0.3, 0.4) is 0 Å². The largest absolute Gasteiger partial charge is 0.448 e. The number of H-pyrrole nitrogens is 1. The number of amides is 2. The summed E-state index contributed by atoms with van der Waals surface area (Å²) in [5.74, 6) is 0.158. The van der Waals surface area contributed by atoms with Crippen LogP contribution in [0.2, 0.25) is 5.02 Å². The molecule has 4 aliphatic rings. The van der Waals surface area contributed by atoms with E-state index in [1.165, 1.54) is 11.8 Å². The Morgan fingerprint density at radius 1 is 1.17 bits per heavy atom. The number of rotatable bonds is 6. The normalized spacial score (nSPS) is 28.8. The van der Waals surface area contributed by atoms with E-state index in [-0.39, 0.29) is 35.3 Å². The second-order valence-corrected chi connectivity index (χ2v) is 13.9. The lowest BCUT2D eigenvalue weighted by molar-refractivity contribution is -0.124. The number of aromatic amines is 1. The van der Waals surface area contributed by atoms with Gasteiger partial charge in [-0.15, -0.1) is 11.8 Å². The second-order valence-electron chi connectivity index (χ2n) is 12.6. The van der Waals surface area contributed by atoms with Gasteiger partial charge in [0.1, 0.15) is 0 Å². The van der Waals surface area contributed by atoms with Crippen molar-refractivity contribution in [2.75, 3.05) is 25.9 Å². The summed E-state index contributed by atoms with van der Waals surface area (Å²) in [7, 11) is 0. The maximum absolute atomic E-state index is 13.3. The van der Waals surface area contributed by atoms with Crippen LogP contribution in [0, 0.1) is 25.2 Å². The van der Waals surface area contributed by atoms with Crippen molar-refractivity contribution < 1.29 is 19.1 Å². The SMILES string of the molecule is CSc1cc(C)[nH]c(=O)c1CNC(=O)c1cc(Cl)c2c(c1C)OC(C)([C@H]1CC[C@H](N3CCC4(CNC(=O)C4)C3)CC1)O2. The van der Waals surface area contributed by atoms with E-state index in [9.17, 15) is 14.4 Å². The van der Waals surface area contributed by atoms with Crippen LogP contribution in [0.4, 0.5) is 0 Å². The number of likely N-dealkylation sites (tertiary alicyclic amines) is 1. The van der Waals surface area contributed by atoms with Gasteiger partial charge in [-0.1, -0.05) is 11.6 Å². The van der Waals surface area contributed by atoms with Crippen molar-refractivity contribution in [3.63, 3.8) is 0 Å². The van der Waals surface area contributed by atoms with Gasteiger partial charge in [0.15, 0.2) is 11.5 Å². The molecule has 1 aromatic heterocycles. The molecule has 42 heavy (non-hydrogen) atoms. The van der Waals surface area contributed by atoms with Gasteiger partial charge >= 0.3 is 0 Å². The Labute approximate surface area is 255 Å². The first kappa shape index (κ1) is 29.4. The Morgan fingerprint density at radius 3 is 2.60 bits per heavy atom. The van der Waals surface area contributed by atoms with Crippen molar-refractivity contribution in [1.82, 2.24) is 20.5 Å². The fourth-order valence-corrected chi connectivity index (χ4v) is 8.27. The number of carbonyl (C=O) groups excluding carboxylic acids is 2. The molecule has 9 nitrogen and oxygen atoms in total. The molecule has 3 fully saturated rings. The monoisotopic (exact) mass is 614 g/mol. The number of fused-ring (bicyclic) bond motifs is 1. The highest BCUT2D eigenvalue weighted by atomic mass is 35.5. The second kappa shape index (κ2) is 11.1. The number of hydrogen-bond donors (Lipinski definition) is 3.